The maximum atomic E-state index is 10.7. The number of nitro groups is 1. The van der Waals surface area contributed by atoms with Crippen molar-refractivity contribution >= 4 is 17.3 Å². The van der Waals surface area contributed by atoms with E-state index in [2.05, 4.69) is 17.2 Å². The Labute approximate surface area is 128 Å². The number of nitro benzene ring substituents is 1. The summed E-state index contributed by atoms with van der Waals surface area (Å²) in [5.74, 6) is 0.278. The number of anilines is 1. The summed E-state index contributed by atoms with van der Waals surface area (Å²) in [7, 11) is 0. The van der Waals surface area contributed by atoms with Gasteiger partial charge in [0, 0.05) is 17.8 Å². The molecule has 0 aromatic heterocycles. The Morgan fingerprint density at radius 3 is 2.68 bits per heavy atom. The van der Waals surface area contributed by atoms with Crippen molar-refractivity contribution in [3.8, 4) is 0 Å². The number of non-ortho nitro benzene ring substituents is 1. The molecule has 0 bridgehead atoms. The van der Waals surface area contributed by atoms with Crippen LogP contribution in [0.3, 0.4) is 0 Å². The molecule has 0 amide bonds. The maximum absolute atomic E-state index is 10.7. The molecule has 0 radical (unpaired) electrons. The SMILES string of the molecule is CCc1cccc(NC(N)=NCc2cccc([N+](=O)[O-])c2)c1. The lowest BCUT2D eigenvalue weighted by Crippen LogP contribution is -2.22. The molecule has 0 atom stereocenters. The normalized spacial score (nSPS) is 11.2. The van der Waals surface area contributed by atoms with E-state index in [-0.39, 0.29) is 18.2 Å². The third kappa shape index (κ3) is 4.31. The Balaban J connectivity index is 2.03. The Hall–Kier alpha value is -2.89. The van der Waals surface area contributed by atoms with Crippen molar-refractivity contribution in [2.45, 2.75) is 19.9 Å². The van der Waals surface area contributed by atoms with Crippen molar-refractivity contribution in [3.63, 3.8) is 0 Å². The minimum Gasteiger partial charge on any atom is -0.370 e. The first kappa shape index (κ1) is 15.5. The van der Waals surface area contributed by atoms with E-state index in [1.165, 1.54) is 17.7 Å². The van der Waals surface area contributed by atoms with E-state index in [1.807, 2.05) is 24.3 Å². The van der Waals surface area contributed by atoms with Gasteiger partial charge >= 0.3 is 0 Å². The fourth-order valence-corrected chi connectivity index (χ4v) is 2.00. The predicted octanol–water partition coefficient (Wildman–Crippen LogP) is 3.08. The Morgan fingerprint density at radius 1 is 1.23 bits per heavy atom. The highest BCUT2D eigenvalue weighted by atomic mass is 16.6. The van der Waals surface area contributed by atoms with Crippen molar-refractivity contribution in [3.05, 3.63) is 69.8 Å². The fraction of sp³-hybridized carbons (Fsp3) is 0.188. The molecule has 0 unspecified atom stereocenters. The highest BCUT2D eigenvalue weighted by Gasteiger charge is 2.05. The molecule has 0 heterocycles. The number of aliphatic imine (C=N–C) groups is 1. The quantitative estimate of drug-likeness (QED) is 0.384. The first-order chi connectivity index (χ1) is 10.6. The number of nitrogens with zero attached hydrogens (tertiary/aromatic N) is 2. The zero-order valence-corrected chi connectivity index (χ0v) is 12.3. The van der Waals surface area contributed by atoms with Crippen LogP contribution in [0, 0.1) is 10.1 Å². The molecule has 2 aromatic rings. The molecule has 0 spiro atoms. The molecule has 114 valence electrons. The van der Waals surface area contributed by atoms with Gasteiger partial charge in [-0.3, -0.25) is 10.1 Å². The van der Waals surface area contributed by atoms with Crippen molar-refractivity contribution in [2.24, 2.45) is 10.7 Å². The summed E-state index contributed by atoms with van der Waals surface area (Å²) in [6.45, 7) is 2.37. The fourth-order valence-electron chi connectivity index (χ4n) is 2.00. The summed E-state index contributed by atoms with van der Waals surface area (Å²) in [6.07, 6.45) is 0.945. The molecule has 6 heteroatoms. The summed E-state index contributed by atoms with van der Waals surface area (Å²) in [5.41, 5.74) is 8.72. The summed E-state index contributed by atoms with van der Waals surface area (Å²) in [6, 6.07) is 14.3. The average molecular weight is 298 g/mol. The van der Waals surface area contributed by atoms with Crippen LogP contribution in [0.5, 0.6) is 0 Å². The van der Waals surface area contributed by atoms with Crippen molar-refractivity contribution in [1.82, 2.24) is 0 Å². The van der Waals surface area contributed by atoms with E-state index in [9.17, 15) is 10.1 Å². The lowest BCUT2D eigenvalue weighted by Gasteiger charge is -2.07. The van der Waals surface area contributed by atoms with Gasteiger partial charge in [-0.15, -0.1) is 0 Å². The zero-order chi connectivity index (χ0) is 15.9. The van der Waals surface area contributed by atoms with Crippen LogP contribution >= 0.6 is 0 Å². The minimum atomic E-state index is -0.426. The molecule has 0 aliphatic heterocycles. The Kier molecular flexibility index (Phi) is 5.08. The summed E-state index contributed by atoms with van der Waals surface area (Å²) in [4.78, 5) is 14.5. The number of hydrogen-bond acceptors (Lipinski definition) is 3. The number of rotatable bonds is 5. The van der Waals surface area contributed by atoms with Crippen LogP contribution in [0.25, 0.3) is 0 Å². The van der Waals surface area contributed by atoms with E-state index in [1.54, 1.807) is 12.1 Å². The molecule has 2 aromatic carbocycles. The zero-order valence-electron chi connectivity index (χ0n) is 12.3. The van der Waals surface area contributed by atoms with Gasteiger partial charge in [-0.1, -0.05) is 31.2 Å². The number of guanidine groups is 1. The van der Waals surface area contributed by atoms with Gasteiger partial charge in [0.1, 0.15) is 0 Å². The third-order valence-corrected chi connectivity index (χ3v) is 3.16. The molecule has 22 heavy (non-hydrogen) atoms. The molecule has 0 fully saturated rings. The van der Waals surface area contributed by atoms with Gasteiger partial charge in [-0.05, 0) is 29.7 Å². The van der Waals surface area contributed by atoms with E-state index in [4.69, 9.17) is 5.73 Å². The standard InChI is InChI=1S/C16H18N4O2/c1-2-12-5-3-7-14(9-12)19-16(17)18-11-13-6-4-8-15(10-13)20(21)22/h3-10H,2,11H2,1H3,(H3,17,18,19). The van der Waals surface area contributed by atoms with Crippen LogP contribution < -0.4 is 11.1 Å². The largest absolute Gasteiger partial charge is 0.370 e. The lowest BCUT2D eigenvalue weighted by atomic mass is 10.1. The van der Waals surface area contributed by atoms with Crippen LogP contribution in [-0.4, -0.2) is 10.9 Å². The van der Waals surface area contributed by atoms with Gasteiger partial charge in [-0.2, -0.15) is 0 Å². The molecule has 0 saturated heterocycles. The van der Waals surface area contributed by atoms with E-state index in [0.717, 1.165) is 17.7 Å². The highest BCUT2D eigenvalue weighted by molar-refractivity contribution is 5.92. The number of benzene rings is 2. The van der Waals surface area contributed by atoms with Gasteiger partial charge in [0.15, 0.2) is 5.96 Å². The molecule has 6 nitrogen and oxygen atoms in total. The number of nitrogens with one attached hydrogen (secondary N) is 1. The predicted molar refractivity (Wildman–Crippen MR) is 87.9 cm³/mol. The van der Waals surface area contributed by atoms with E-state index in [0.29, 0.717) is 0 Å². The van der Waals surface area contributed by atoms with Gasteiger partial charge in [-0.25, -0.2) is 4.99 Å². The van der Waals surface area contributed by atoms with Crippen LogP contribution in [0.1, 0.15) is 18.1 Å². The molecule has 0 aliphatic rings. The highest BCUT2D eigenvalue weighted by Crippen LogP contribution is 2.14. The second-order valence-corrected chi connectivity index (χ2v) is 4.81. The van der Waals surface area contributed by atoms with E-state index < -0.39 is 4.92 Å². The monoisotopic (exact) mass is 298 g/mol. The average Bonchev–Trinajstić information content (AvgIpc) is 2.53. The van der Waals surface area contributed by atoms with Crippen molar-refractivity contribution in [2.75, 3.05) is 5.32 Å². The summed E-state index contributed by atoms with van der Waals surface area (Å²) >= 11 is 0. The first-order valence-corrected chi connectivity index (χ1v) is 6.97. The maximum Gasteiger partial charge on any atom is 0.269 e. The van der Waals surface area contributed by atoms with Crippen molar-refractivity contribution < 1.29 is 4.92 Å². The Bertz CT molecular complexity index is 698. The van der Waals surface area contributed by atoms with Gasteiger partial charge in [0.05, 0.1) is 11.5 Å². The summed E-state index contributed by atoms with van der Waals surface area (Å²) < 4.78 is 0. The second kappa shape index (κ2) is 7.21. The molecule has 0 aliphatic carbocycles. The molecule has 2 rings (SSSR count). The number of hydrogen-bond donors (Lipinski definition) is 2. The number of nitrogens with two attached hydrogens (primary N) is 1. The minimum absolute atomic E-state index is 0.0508. The van der Waals surface area contributed by atoms with Gasteiger partial charge in [0.25, 0.3) is 5.69 Å². The Morgan fingerprint density at radius 2 is 1.95 bits per heavy atom. The first-order valence-electron chi connectivity index (χ1n) is 6.97. The van der Waals surface area contributed by atoms with E-state index >= 15 is 0 Å². The molecular formula is C16H18N4O2. The van der Waals surface area contributed by atoms with Crippen LogP contribution in [-0.2, 0) is 13.0 Å². The number of aryl methyl sites for hydroxylation is 1. The lowest BCUT2D eigenvalue weighted by molar-refractivity contribution is -0.384. The topological polar surface area (TPSA) is 93.5 Å². The van der Waals surface area contributed by atoms with Crippen LogP contribution in [0.4, 0.5) is 11.4 Å². The molecule has 3 N–H and O–H groups in total. The van der Waals surface area contributed by atoms with Crippen molar-refractivity contribution in [1.29, 1.82) is 0 Å². The third-order valence-electron chi connectivity index (χ3n) is 3.16. The van der Waals surface area contributed by atoms with Gasteiger partial charge < -0.3 is 11.1 Å². The van der Waals surface area contributed by atoms with Crippen LogP contribution in [0.2, 0.25) is 0 Å². The van der Waals surface area contributed by atoms with Crippen LogP contribution in [0.15, 0.2) is 53.5 Å². The molecule has 0 saturated carbocycles. The second-order valence-electron chi connectivity index (χ2n) is 4.81. The smallest absolute Gasteiger partial charge is 0.269 e. The summed E-state index contributed by atoms with van der Waals surface area (Å²) in [5, 5.41) is 13.7. The molecular weight excluding hydrogens is 280 g/mol. The van der Waals surface area contributed by atoms with Gasteiger partial charge in [0.2, 0.25) is 0 Å².